The van der Waals surface area contributed by atoms with Gasteiger partial charge in [-0.3, -0.25) is 14.4 Å². The van der Waals surface area contributed by atoms with Crippen LogP contribution in [0.15, 0.2) is 60.7 Å². The van der Waals surface area contributed by atoms with Gasteiger partial charge < -0.3 is 15.2 Å². The fourth-order valence-corrected chi connectivity index (χ4v) is 6.76. The number of benzene rings is 3. The number of phenols is 1. The van der Waals surface area contributed by atoms with E-state index in [1.54, 1.807) is 30.3 Å². The number of hydrogen-bond acceptors (Lipinski definition) is 6. The monoisotopic (exact) mass is 509 g/mol. The van der Waals surface area contributed by atoms with Crippen molar-refractivity contribution in [3.05, 3.63) is 66.2 Å². The standard InChI is InChI=1S/C30H27N3O5/c1-29-15-16-30(38-29,14-6-11-24(35)32-21-9-4-5-10-23(21)34)26-25(29)27(36)33(28(26)37)22-13-12-18(17-31)19-7-2-3-8-20(19)22/h2-5,7-10,12-13,25-26,34H,6,11,14-16H2,1H3,(H,32,35)/t25-,26+,29?,30?/m1/s1. The van der Waals surface area contributed by atoms with Crippen LogP contribution in [0, 0.1) is 23.2 Å². The van der Waals surface area contributed by atoms with Crippen molar-refractivity contribution < 1.29 is 24.2 Å². The highest BCUT2D eigenvalue weighted by atomic mass is 16.5. The maximum atomic E-state index is 14.0. The minimum Gasteiger partial charge on any atom is -0.506 e. The number of carbonyl (C=O) groups is 3. The molecule has 3 saturated heterocycles. The van der Waals surface area contributed by atoms with Gasteiger partial charge in [-0.25, -0.2) is 4.90 Å². The minimum absolute atomic E-state index is 0.00143. The molecule has 3 aliphatic rings. The molecular weight excluding hydrogens is 482 g/mol. The highest BCUT2D eigenvalue weighted by Crippen LogP contribution is 2.62. The summed E-state index contributed by atoms with van der Waals surface area (Å²) >= 11 is 0. The van der Waals surface area contributed by atoms with Crippen LogP contribution in [0.3, 0.4) is 0 Å². The van der Waals surface area contributed by atoms with E-state index in [-0.39, 0.29) is 29.9 Å². The average molecular weight is 510 g/mol. The maximum absolute atomic E-state index is 14.0. The lowest BCUT2D eigenvalue weighted by atomic mass is 9.67. The molecule has 8 heteroatoms. The van der Waals surface area contributed by atoms with Crippen molar-refractivity contribution in [2.24, 2.45) is 11.8 Å². The molecular formula is C30H27N3O5. The lowest BCUT2D eigenvalue weighted by Gasteiger charge is -2.31. The van der Waals surface area contributed by atoms with Crippen molar-refractivity contribution in [3.8, 4) is 11.8 Å². The number of carbonyl (C=O) groups excluding carboxylic acids is 3. The van der Waals surface area contributed by atoms with Crippen molar-refractivity contribution >= 4 is 39.9 Å². The first-order valence-electron chi connectivity index (χ1n) is 12.9. The van der Waals surface area contributed by atoms with E-state index in [1.165, 1.54) is 11.0 Å². The average Bonchev–Trinajstić information content (AvgIpc) is 3.49. The largest absolute Gasteiger partial charge is 0.506 e. The van der Waals surface area contributed by atoms with Crippen LogP contribution in [-0.2, 0) is 19.1 Å². The quantitative estimate of drug-likeness (QED) is 0.369. The van der Waals surface area contributed by atoms with Crippen LogP contribution >= 0.6 is 0 Å². The van der Waals surface area contributed by atoms with Crippen molar-refractivity contribution in [2.75, 3.05) is 10.2 Å². The number of anilines is 2. The van der Waals surface area contributed by atoms with Gasteiger partial charge in [0.05, 0.1) is 46.0 Å². The van der Waals surface area contributed by atoms with Crippen molar-refractivity contribution in [2.45, 2.75) is 50.2 Å². The summed E-state index contributed by atoms with van der Waals surface area (Å²) < 4.78 is 6.50. The van der Waals surface area contributed by atoms with Gasteiger partial charge in [-0.1, -0.05) is 36.4 Å². The second-order valence-electron chi connectivity index (χ2n) is 10.7. The number of aromatic hydroxyl groups is 1. The number of imide groups is 1. The van der Waals surface area contributed by atoms with E-state index in [0.29, 0.717) is 53.4 Å². The van der Waals surface area contributed by atoms with E-state index in [0.717, 1.165) is 0 Å². The molecule has 4 atom stereocenters. The fraction of sp³-hybridized carbons (Fsp3) is 0.333. The number of para-hydroxylation sites is 2. The number of amides is 3. The molecule has 3 amide bonds. The maximum Gasteiger partial charge on any atom is 0.240 e. The highest BCUT2D eigenvalue weighted by Gasteiger charge is 2.73. The molecule has 8 nitrogen and oxygen atoms in total. The Kier molecular flexibility index (Phi) is 5.51. The van der Waals surface area contributed by atoms with E-state index >= 15 is 0 Å². The molecule has 38 heavy (non-hydrogen) atoms. The van der Waals surface area contributed by atoms with Gasteiger partial charge in [-0.2, -0.15) is 5.26 Å². The third-order valence-electron chi connectivity index (χ3n) is 8.46. The van der Waals surface area contributed by atoms with Crippen LogP contribution in [0.2, 0.25) is 0 Å². The molecule has 3 aliphatic heterocycles. The molecule has 2 N–H and O–H groups in total. The molecule has 3 heterocycles. The summed E-state index contributed by atoms with van der Waals surface area (Å²) in [5.74, 6) is -2.00. The Bertz CT molecular complexity index is 1540. The number of nitriles is 1. The van der Waals surface area contributed by atoms with E-state index in [2.05, 4.69) is 11.4 Å². The van der Waals surface area contributed by atoms with Gasteiger partial charge in [-0.15, -0.1) is 0 Å². The second kappa shape index (κ2) is 8.67. The topological polar surface area (TPSA) is 120 Å². The van der Waals surface area contributed by atoms with Gasteiger partial charge in [0, 0.05) is 17.2 Å². The fourth-order valence-electron chi connectivity index (χ4n) is 6.76. The van der Waals surface area contributed by atoms with E-state index < -0.39 is 23.0 Å². The van der Waals surface area contributed by atoms with Gasteiger partial charge in [-0.05, 0) is 56.9 Å². The lowest BCUT2D eigenvalue weighted by molar-refractivity contribution is -0.130. The Morgan fingerprint density at radius 1 is 1.05 bits per heavy atom. The smallest absolute Gasteiger partial charge is 0.240 e. The second-order valence-corrected chi connectivity index (χ2v) is 10.7. The summed E-state index contributed by atoms with van der Waals surface area (Å²) in [4.78, 5) is 41.6. The Hall–Kier alpha value is -4.22. The predicted molar refractivity (Wildman–Crippen MR) is 140 cm³/mol. The normalized spacial score (nSPS) is 27.5. The number of ether oxygens (including phenoxy) is 1. The third kappa shape index (κ3) is 3.50. The zero-order valence-corrected chi connectivity index (χ0v) is 20.9. The number of rotatable bonds is 6. The summed E-state index contributed by atoms with van der Waals surface area (Å²) in [6.07, 6.45) is 2.45. The molecule has 0 aliphatic carbocycles. The molecule has 3 aromatic rings. The summed E-state index contributed by atoms with van der Waals surface area (Å²) in [6.45, 7) is 1.91. The molecule has 0 aromatic heterocycles. The molecule has 0 saturated carbocycles. The molecule has 192 valence electrons. The van der Waals surface area contributed by atoms with Crippen LogP contribution in [-0.4, -0.2) is 34.0 Å². The molecule has 0 radical (unpaired) electrons. The van der Waals surface area contributed by atoms with Crippen LogP contribution < -0.4 is 10.2 Å². The first kappa shape index (κ1) is 24.1. The van der Waals surface area contributed by atoms with Gasteiger partial charge in [0.2, 0.25) is 17.7 Å². The summed E-state index contributed by atoms with van der Waals surface area (Å²) in [6, 6.07) is 19.4. The molecule has 3 aromatic carbocycles. The molecule has 2 unspecified atom stereocenters. The van der Waals surface area contributed by atoms with Crippen LogP contribution in [0.4, 0.5) is 11.4 Å². The Labute approximate surface area is 219 Å². The van der Waals surface area contributed by atoms with Gasteiger partial charge in [0.25, 0.3) is 0 Å². The van der Waals surface area contributed by atoms with Gasteiger partial charge >= 0.3 is 0 Å². The van der Waals surface area contributed by atoms with Crippen molar-refractivity contribution in [1.29, 1.82) is 5.26 Å². The van der Waals surface area contributed by atoms with E-state index in [4.69, 9.17) is 4.74 Å². The van der Waals surface area contributed by atoms with Crippen molar-refractivity contribution in [1.82, 2.24) is 0 Å². The van der Waals surface area contributed by atoms with Crippen LogP contribution in [0.1, 0.15) is 44.6 Å². The molecule has 6 rings (SSSR count). The van der Waals surface area contributed by atoms with E-state index in [1.807, 2.05) is 31.2 Å². The zero-order chi connectivity index (χ0) is 26.7. The predicted octanol–water partition coefficient (Wildman–Crippen LogP) is 4.65. The first-order valence-corrected chi connectivity index (χ1v) is 12.9. The number of nitrogens with zero attached hydrogens (tertiary/aromatic N) is 2. The third-order valence-corrected chi connectivity index (χ3v) is 8.46. The molecule has 3 fully saturated rings. The summed E-state index contributed by atoms with van der Waals surface area (Å²) in [5.41, 5.74) is -0.226. The lowest BCUT2D eigenvalue weighted by Crippen LogP contribution is -2.42. The van der Waals surface area contributed by atoms with Crippen molar-refractivity contribution in [3.63, 3.8) is 0 Å². The highest BCUT2D eigenvalue weighted by molar-refractivity contribution is 6.26. The summed E-state index contributed by atoms with van der Waals surface area (Å²) in [5, 5.41) is 23.5. The number of phenolic OH excluding ortho intramolecular Hbond substituents is 1. The summed E-state index contributed by atoms with van der Waals surface area (Å²) in [7, 11) is 0. The molecule has 2 bridgehead atoms. The first-order chi connectivity index (χ1) is 18.3. The van der Waals surface area contributed by atoms with E-state index in [9.17, 15) is 24.8 Å². The molecule has 0 spiro atoms. The van der Waals surface area contributed by atoms with Crippen LogP contribution in [0.25, 0.3) is 10.8 Å². The number of nitrogens with one attached hydrogen (secondary N) is 1. The minimum atomic E-state index is -0.807. The van der Waals surface area contributed by atoms with Gasteiger partial charge in [0.15, 0.2) is 0 Å². The van der Waals surface area contributed by atoms with Crippen LogP contribution in [0.5, 0.6) is 5.75 Å². The Morgan fingerprint density at radius 2 is 1.76 bits per heavy atom. The Morgan fingerprint density at radius 3 is 2.53 bits per heavy atom. The Balaban J connectivity index is 1.25. The SMILES string of the molecule is CC12CCC(CCCC(=O)Nc3ccccc3O)(O1)[C@@H]1C(=O)N(c3ccc(C#N)c4ccccc34)C(=O)[C@@H]12. The number of hydrogen-bond donors (Lipinski definition) is 2. The van der Waals surface area contributed by atoms with Gasteiger partial charge in [0.1, 0.15) is 5.75 Å². The number of fused-ring (bicyclic) bond motifs is 6. The zero-order valence-electron chi connectivity index (χ0n) is 20.9.